The predicted molar refractivity (Wildman–Crippen MR) is 73.9 cm³/mol. The van der Waals surface area contributed by atoms with Crippen LogP contribution in [-0.2, 0) is 16.1 Å². The van der Waals surface area contributed by atoms with Crippen molar-refractivity contribution >= 4 is 5.91 Å². The lowest BCUT2D eigenvalue weighted by atomic mass is 10.2. The molecule has 0 spiro atoms. The topological polar surface area (TPSA) is 64.8 Å². The fourth-order valence-corrected chi connectivity index (χ4v) is 1.74. The van der Waals surface area contributed by atoms with E-state index in [2.05, 4.69) is 0 Å². The van der Waals surface area contributed by atoms with Crippen LogP contribution in [0.15, 0.2) is 24.3 Å². The lowest BCUT2D eigenvalue weighted by molar-refractivity contribution is -0.132. The molecule has 0 aliphatic rings. The minimum Gasteiger partial charge on any atom is -0.494 e. The Labute approximate surface area is 114 Å². The van der Waals surface area contributed by atoms with Gasteiger partial charge in [0.25, 0.3) is 0 Å². The number of nitrogens with zero attached hydrogens (tertiary/aromatic N) is 1. The van der Waals surface area contributed by atoms with Crippen molar-refractivity contribution in [2.45, 2.75) is 19.5 Å². The number of likely N-dealkylation sites (N-methyl/N-ethyl adjacent to an activating group) is 1. The zero-order chi connectivity index (χ0) is 14.3. The molecule has 106 valence electrons. The summed E-state index contributed by atoms with van der Waals surface area (Å²) in [5, 5.41) is 0. The first-order valence-corrected chi connectivity index (χ1v) is 6.29. The Kier molecular flexibility index (Phi) is 6.32. The highest BCUT2D eigenvalue weighted by molar-refractivity contribution is 5.81. The van der Waals surface area contributed by atoms with Gasteiger partial charge in [-0.1, -0.05) is 12.1 Å². The average molecular weight is 266 g/mol. The van der Waals surface area contributed by atoms with E-state index in [4.69, 9.17) is 15.2 Å². The third-order valence-corrected chi connectivity index (χ3v) is 2.69. The first kappa shape index (κ1) is 15.5. The summed E-state index contributed by atoms with van der Waals surface area (Å²) in [6.07, 6.45) is 0. The van der Waals surface area contributed by atoms with Gasteiger partial charge in [0.05, 0.1) is 13.2 Å². The number of nitrogens with two attached hydrogens (primary N) is 1. The van der Waals surface area contributed by atoms with Gasteiger partial charge in [-0.2, -0.15) is 0 Å². The number of hydrogen-bond acceptors (Lipinski definition) is 4. The number of carbonyl (C=O) groups is 1. The van der Waals surface area contributed by atoms with Crippen molar-refractivity contribution in [1.82, 2.24) is 4.90 Å². The molecule has 1 rings (SSSR count). The van der Waals surface area contributed by atoms with E-state index in [0.717, 1.165) is 11.3 Å². The Morgan fingerprint density at radius 3 is 2.53 bits per heavy atom. The van der Waals surface area contributed by atoms with Crippen molar-refractivity contribution < 1.29 is 14.3 Å². The molecule has 0 saturated carbocycles. The molecule has 0 aromatic heterocycles. The Morgan fingerprint density at radius 1 is 1.37 bits per heavy atom. The highest BCUT2D eigenvalue weighted by Gasteiger charge is 2.17. The lowest BCUT2D eigenvalue weighted by Gasteiger charge is -2.21. The molecule has 0 fully saturated rings. The summed E-state index contributed by atoms with van der Waals surface area (Å²) < 4.78 is 10.2. The number of methoxy groups -OCH3 is 1. The van der Waals surface area contributed by atoms with Crippen LogP contribution in [0.5, 0.6) is 5.75 Å². The maximum atomic E-state index is 11.9. The molecule has 0 heterocycles. The number of rotatable bonds is 7. The van der Waals surface area contributed by atoms with Gasteiger partial charge in [-0.05, 0) is 24.6 Å². The van der Waals surface area contributed by atoms with Crippen molar-refractivity contribution in [3.63, 3.8) is 0 Å². The van der Waals surface area contributed by atoms with E-state index < -0.39 is 6.04 Å². The van der Waals surface area contributed by atoms with Crippen molar-refractivity contribution in [1.29, 1.82) is 0 Å². The van der Waals surface area contributed by atoms with Crippen LogP contribution in [0.4, 0.5) is 0 Å². The Morgan fingerprint density at radius 2 is 2.00 bits per heavy atom. The number of carbonyl (C=O) groups excluding carboxylic acids is 1. The van der Waals surface area contributed by atoms with Crippen molar-refractivity contribution in [3.05, 3.63) is 29.8 Å². The number of hydrogen-bond donors (Lipinski definition) is 1. The Balaban J connectivity index is 2.56. The van der Waals surface area contributed by atoms with Crippen molar-refractivity contribution in [3.8, 4) is 5.75 Å². The lowest BCUT2D eigenvalue weighted by Crippen LogP contribution is -2.44. The summed E-state index contributed by atoms with van der Waals surface area (Å²) in [5.74, 6) is 0.701. The minimum absolute atomic E-state index is 0.129. The second kappa shape index (κ2) is 7.76. The molecule has 0 aliphatic carbocycles. The smallest absolute Gasteiger partial charge is 0.241 e. The van der Waals surface area contributed by atoms with E-state index >= 15 is 0 Å². The first-order chi connectivity index (χ1) is 9.08. The molecule has 0 aliphatic heterocycles. The molecule has 0 saturated heterocycles. The summed E-state index contributed by atoms with van der Waals surface area (Å²) in [4.78, 5) is 13.5. The monoisotopic (exact) mass is 266 g/mol. The van der Waals surface area contributed by atoms with Crippen LogP contribution in [0.1, 0.15) is 12.5 Å². The molecule has 5 heteroatoms. The molecule has 2 N–H and O–H groups in total. The van der Waals surface area contributed by atoms with Gasteiger partial charge < -0.3 is 20.1 Å². The second-order valence-corrected chi connectivity index (χ2v) is 4.33. The van der Waals surface area contributed by atoms with E-state index in [9.17, 15) is 4.79 Å². The van der Waals surface area contributed by atoms with Crippen molar-refractivity contribution in [2.24, 2.45) is 5.73 Å². The fourth-order valence-electron chi connectivity index (χ4n) is 1.74. The summed E-state index contributed by atoms with van der Waals surface area (Å²) >= 11 is 0. The zero-order valence-corrected chi connectivity index (χ0v) is 11.8. The van der Waals surface area contributed by atoms with Crippen LogP contribution in [0.2, 0.25) is 0 Å². The van der Waals surface area contributed by atoms with E-state index in [1.807, 2.05) is 31.2 Å². The minimum atomic E-state index is -0.613. The van der Waals surface area contributed by atoms with Crippen LogP contribution in [-0.4, -0.2) is 44.2 Å². The van der Waals surface area contributed by atoms with Gasteiger partial charge in [-0.25, -0.2) is 0 Å². The second-order valence-electron chi connectivity index (χ2n) is 4.33. The number of benzene rings is 1. The third kappa shape index (κ3) is 4.89. The highest BCUT2D eigenvalue weighted by atomic mass is 16.5. The summed E-state index contributed by atoms with van der Waals surface area (Å²) in [5.41, 5.74) is 6.74. The van der Waals surface area contributed by atoms with E-state index in [1.54, 1.807) is 11.9 Å². The zero-order valence-electron chi connectivity index (χ0n) is 11.8. The highest BCUT2D eigenvalue weighted by Crippen LogP contribution is 2.13. The van der Waals surface area contributed by atoms with Crippen LogP contribution in [0, 0.1) is 0 Å². The quantitative estimate of drug-likeness (QED) is 0.800. The molecule has 1 unspecified atom stereocenters. The summed E-state index contributed by atoms with van der Waals surface area (Å²) in [6.45, 7) is 3.33. The van der Waals surface area contributed by atoms with Gasteiger partial charge in [0.2, 0.25) is 5.91 Å². The van der Waals surface area contributed by atoms with Gasteiger partial charge in [0.1, 0.15) is 11.8 Å². The molecule has 1 aromatic carbocycles. The fraction of sp³-hybridized carbons (Fsp3) is 0.500. The maximum absolute atomic E-state index is 11.9. The molecular formula is C14H22N2O3. The maximum Gasteiger partial charge on any atom is 0.241 e. The predicted octanol–water partition coefficient (Wildman–Crippen LogP) is 1.02. The standard InChI is InChI=1S/C14H22N2O3/c1-4-19-12-7-5-11(6-8-12)9-16(2)14(17)13(15)10-18-3/h5-8,13H,4,9-10,15H2,1-3H3. The first-order valence-electron chi connectivity index (χ1n) is 6.29. The van der Waals surface area contributed by atoms with Crippen LogP contribution < -0.4 is 10.5 Å². The van der Waals surface area contributed by atoms with Crippen LogP contribution in [0.3, 0.4) is 0 Å². The van der Waals surface area contributed by atoms with Gasteiger partial charge in [-0.3, -0.25) is 4.79 Å². The molecule has 1 amide bonds. The normalized spacial score (nSPS) is 12.0. The number of amides is 1. The van der Waals surface area contributed by atoms with Gasteiger partial charge in [0, 0.05) is 20.7 Å². The van der Waals surface area contributed by atoms with Crippen molar-refractivity contribution in [2.75, 3.05) is 27.4 Å². The van der Waals surface area contributed by atoms with E-state index in [-0.39, 0.29) is 12.5 Å². The molecule has 1 aromatic rings. The van der Waals surface area contributed by atoms with Gasteiger partial charge in [-0.15, -0.1) is 0 Å². The van der Waals surface area contributed by atoms with Crippen LogP contribution in [0.25, 0.3) is 0 Å². The van der Waals surface area contributed by atoms with Gasteiger partial charge in [0.15, 0.2) is 0 Å². The van der Waals surface area contributed by atoms with Gasteiger partial charge >= 0.3 is 0 Å². The largest absolute Gasteiger partial charge is 0.494 e. The SMILES string of the molecule is CCOc1ccc(CN(C)C(=O)C(N)COC)cc1. The average Bonchev–Trinajstić information content (AvgIpc) is 2.40. The Bertz CT molecular complexity index is 392. The van der Waals surface area contributed by atoms with Crippen LogP contribution >= 0.6 is 0 Å². The molecule has 5 nitrogen and oxygen atoms in total. The number of ether oxygens (including phenoxy) is 2. The summed E-state index contributed by atoms with van der Waals surface area (Å²) in [7, 11) is 3.26. The van der Waals surface area contributed by atoms with E-state index in [1.165, 1.54) is 7.11 Å². The molecule has 0 bridgehead atoms. The molecule has 19 heavy (non-hydrogen) atoms. The Hall–Kier alpha value is -1.59. The summed E-state index contributed by atoms with van der Waals surface area (Å²) in [6, 6.07) is 7.06. The molecule has 0 radical (unpaired) electrons. The third-order valence-electron chi connectivity index (χ3n) is 2.69. The molecule has 1 atom stereocenters. The van der Waals surface area contributed by atoms with E-state index in [0.29, 0.717) is 13.2 Å². The molecular weight excluding hydrogens is 244 g/mol.